The molecule has 0 radical (unpaired) electrons. The summed E-state index contributed by atoms with van der Waals surface area (Å²) in [6.07, 6.45) is 5.52. The molecule has 1 aromatic carbocycles. The van der Waals surface area contributed by atoms with Gasteiger partial charge in [0, 0.05) is 19.1 Å². The van der Waals surface area contributed by atoms with E-state index in [0.29, 0.717) is 0 Å². The van der Waals surface area contributed by atoms with Crippen molar-refractivity contribution in [3.63, 3.8) is 0 Å². The Hall–Kier alpha value is -0.570. The number of halogens is 1. The second-order valence-corrected chi connectivity index (χ2v) is 6.65. The van der Waals surface area contributed by atoms with Gasteiger partial charge in [-0.2, -0.15) is 0 Å². The van der Waals surface area contributed by atoms with Gasteiger partial charge in [-0.05, 0) is 61.7 Å². The molecule has 0 spiro atoms. The number of hydrogen-bond acceptors (Lipinski definition) is 2. The van der Waals surface area contributed by atoms with Crippen molar-refractivity contribution in [3.05, 3.63) is 35.4 Å². The highest BCUT2D eigenvalue weighted by Crippen LogP contribution is 2.40. The molecule has 2 atom stereocenters. The SMILES string of the molecule is Cl.c1cc(C2CC2)ccc1CN1CCC2NCCC2C1. The second-order valence-electron chi connectivity index (χ2n) is 6.65. The zero-order chi connectivity index (χ0) is 12.7. The van der Waals surface area contributed by atoms with Crippen LogP contribution in [0.5, 0.6) is 0 Å². The van der Waals surface area contributed by atoms with E-state index in [1.165, 1.54) is 50.9 Å². The van der Waals surface area contributed by atoms with Crippen molar-refractivity contribution in [2.24, 2.45) is 5.92 Å². The van der Waals surface area contributed by atoms with Crippen LogP contribution in [0, 0.1) is 5.92 Å². The Morgan fingerprint density at radius 3 is 2.60 bits per heavy atom. The summed E-state index contributed by atoms with van der Waals surface area (Å²) in [5.74, 6) is 1.79. The van der Waals surface area contributed by atoms with Gasteiger partial charge in [-0.15, -0.1) is 12.4 Å². The molecule has 2 saturated heterocycles. The molecule has 2 unspecified atom stereocenters. The van der Waals surface area contributed by atoms with E-state index in [-0.39, 0.29) is 12.4 Å². The van der Waals surface area contributed by atoms with E-state index in [9.17, 15) is 0 Å². The fourth-order valence-corrected chi connectivity index (χ4v) is 3.84. The van der Waals surface area contributed by atoms with Crippen LogP contribution in [0.15, 0.2) is 24.3 Å². The third-order valence-corrected chi connectivity index (χ3v) is 5.17. The van der Waals surface area contributed by atoms with E-state index in [4.69, 9.17) is 0 Å². The summed E-state index contributed by atoms with van der Waals surface area (Å²) in [5, 5.41) is 3.64. The molecule has 4 rings (SSSR count). The topological polar surface area (TPSA) is 15.3 Å². The molecule has 1 N–H and O–H groups in total. The first-order valence-electron chi connectivity index (χ1n) is 7.93. The van der Waals surface area contributed by atoms with E-state index in [0.717, 1.165) is 24.4 Å². The molecular formula is C17H25ClN2. The average molecular weight is 293 g/mol. The molecule has 20 heavy (non-hydrogen) atoms. The van der Waals surface area contributed by atoms with Crippen LogP contribution in [0.2, 0.25) is 0 Å². The number of nitrogens with one attached hydrogen (secondary N) is 1. The number of nitrogens with zero attached hydrogens (tertiary/aromatic N) is 1. The molecule has 2 heterocycles. The van der Waals surface area contributed by atoms with Gasteiger partial charge in [-0.25, -0.2) is 0 Å². The van der Waals surface area contributed by atoms with Crippen LogP contribution in [-0.4, -0.2) is 30.6 Å². The number of likely N-dealkylation sites (tertiary alicyclic amines) is 1. The van der Waals surface area contributed by atoms with E-state index in [1.807, 2.05) is 0 Å². The molecule has 1 saturated carbocycles. The maximum Gasteiger partial charge on any atom is 0.0233 e. The Bertz CT molecular complexity index is 441. The van der Waals surface area contributed by atoms with Gasteiger partial charge < -0.3 is 5.32 Å². The maximum absolute atomic E-state index is 3.64. The van der Waals surface area contributed by atoms with E-state index in [2.05, 4.69) is 34.5 Å². The maximum atomic E-state index is 3.64. The van der Waals surface area contributed by atoms with Crippen molar-refractivity contribution in [2.75, 3.05) is 19.6 Å². The molecular weight excluding hydrogens is 268 g/mol. The summed E-state index contributed by atoms with van der Waals surface area (Å²) < 4.78 is 0. The van der Waals surface area contributed by atoms with Gasteiger partial charge in [0.15, 0.2) is 0 Å². The first-order chi connectivity index (χ1) is 9.38. The van der Waals surface area contributed by atoms with Crippen LogP contribution in [0.1, 0.15) is 42.7 Å². The van der Waals surface area contributed by atoms with Crippen molar-refractivity contribution >= 4 is 12.4 Å². The van der Waals surface area contributed by atoms with Crippen molar-refractivity contribution in [1.82, 2.24) is 10.2 Å². The number of fused-ring (bicyclic) bond motifs is 1. The lowest BCUT2D eigenvalue weighted by molar-refractivity contribution is 0.156. The molecule has 3 heteroatoms. The molecule has 0 bridgehead atoms. The summed E-state index contributed by atoms with van der Waals surface area (Å²) in [4.78, 5) is 2.65. The largest absolute Gasteiger partial charge is 0.314 e. The smallest absolute Gasteiger partial charge is 0.0233 e. The van der Waals surface area contributed by atoms with Crippen molar-refractivity contribution in [3.8, 4) is 0 Å². The van der Waals surface area contributed by atoms with E-state index < -0.39 is 0 Å². The zero-order valence-electron chi connectivity index (χ0n) is 12.1. The van der Waals surface area contributed by atoms with Gasteiger partial charge in [-0.1, -0.05) is 24.3 Å². The third-order valence-electron chi connectivity index (χ3n) is 5.17. The predicted octanol–water partition coefficient (Wildman–Crippen LogP) is 3.17. The lowest BCUT2D eigenvalue weighted by Crippen LogP contribution is -2.43. The Kier molecular flexibility index (Phi) is 4.34. The molecule has 0 aromatic heterocycles. The van der Waals surface area contributed by atoms with Crippen molar-refractivity contribution < 1.29 is 0 Å². The highest BCUT2D eigenvalue weighted by Gasteiger charge is 2.32. The number of hydrogen-bond donors (Lipinski definition) is 1. The fraction of sp³-hybridized carbons (Fsp3) is 0.647. The second kappa shape index (κ2) is 6.05. The van der Waals surface area contributed by atoms with Crippen LogP contribution in [0.3, 0.4) is 0 Å². The highest BCUT2D eigenvalue weighted by atomic mass is 35.5. The Morgan fingerprint density at radius 2 is 1.85 bits per heavy atom. The fourth-order valence-electron chi connectivity index (χ4n) is 3.84. The average Bonchev–Trinajstić information content (AvgIpc) is 3.18. The summed E-state index contributed by atoms with van der Waals surface area (Å²) in [7, 11) is 0. The van der Waals surface area contributed by atoms with Gasteiger partial charge >= 0.3 is 0 Å². The quantitative estimate of drug-likeness (QED) is 0.920. The lowest BCUT2D eigenvalue weighted by atomic mass is 9.93. The monoisotopic (exact) mass is 292 g/mol. The lowest BCUT2D eigenvalue weighted by Gasteiger charge is -2.34. The van der Waals surface area contributed by atoms with Gasteiger partial charge in [0.25, 0.3) is 0 Å². The number of rotatable bonds is 3. The number of piperidine rings is 1. The summed E-state index contributed by atoms with van der Waals surface area (Å²) in [6, 6.07) is 10.2. The Labute approximate surface area is 128 Å². The normalized spacial score (nSPS) is 29.8. The molecule has 3 fully saturated rings. The molecule has 2 nitrogen and oxygen atoms in total. The minimum Gasteiger partial charge on any atom is -0.314 e. The van der Waals surface area contributed by atoms with Crippen LogP contribution in [0.4, 0.5) is 0 Å². The summed E-state index contributed by atoms with van der Waals surface area (Å²) >= 11 is 0. The van der Waals surface area contributed by atoms with Crippen molar-refractivity contribution in [1.29, 1.82) is 0 Å². The van der Waals surface area contributed by atoms with Gasteiger partial charge in [0.2, 0.25) is 0 Å². The third kappa shape index (κ3) is 3.03. The molecule has 3 aliphatic rings. The molecule has 0 amide bonds. The first kappa shape index (κ1) is 14.4. The Morgan fingerprint density at radius 1 is 1.05 bits per heavy atom. The van der Waals surface area contributed by atoms with Gasteiger partial charge in [0.1, 0.15) is 0 Å². The standard InChI is InChI=1S/C17H24N2.ClH/c1-3-14(15-5-6-15)4-2-13(1)11-19-10-8-17-16(12-19)7-9-18-17;/h1-4,15-18H,5-12H2;1H. The number of benzene rings is 1. The molecule has 2 aliphatic heterocycles. The van der Waals surface area contributed by atoms with Gasteiger partial charge in [0.05, 0.1) is 0 Å². The van der Waals surface area contributed by atoms with Gasteiger partial charge in [-0.3, -0.25) is 4.90 Å². The predicted molar refractivity (Wildman–Crippen MR) is 85.5 cm³/mol. The van der Waals surface area contributed by atoms with Crippen molar-refractivity contribution in [2.45, 2.75) is 44.2 Å². The zero-order valence-corrected chi connectivity index (χ0v) is 12.9. The highest BCUT2D eigenvalue weighted by molar-refractivity contribution is 5.85. The summed E-state index contributed by atoms with van der Waals surface area (Å²) in [6.45, 7) is 4.94. The first-order valence-corrected chi connectivity index (χ1v) is 7.93. The minimum atomic E-state index is 0. The molecule has 1 aliphatic carbocycles. The van der Waals surface area contributed by atoms with E-state index >= 15 is 0 Å². The molecule has 1 aromatic rings. The van der Waals surface area contributed by atoms with Crippen LogP contribution in [-0.2, 0) is 6.54 Å². The van der Waals surface area contributed by atoms with Crippen LogP contribution in [0.25, 0.3) is 0 Å². The van der Waals surface area contributed by atoms with E-state index in [1.54, 1.807) is 5.56 Å². The molecule has 110 valence electrons. The Balaban J connectivity index is 0.00000121. The summed E-state index contributed by atoms with van der Waals surface area (Å²) in [5.41, 5.74) is 3.05. The minimum absolute atomic E-state index is 0. The van der Waals surface area contributed by atoms with Crippen LogP contribution < -0.4 is 5.32 Å². The van der Waals surface area contributed by atoms with Crippen LogP contribution >= 0.6 is 12.4 Å².